The Morgan fingerprint density at radius 2 is 0.495 bits per heavy atom. The highest BCUT2D eigenvalue weighted by Crippen LogP contribution is 2.45. The molecule has 5 unspecified atom stereocenters. The van der Waals surface area contributed by atoms with Crippen molar-refractivity contribution in [2.24, 2.45) is 0 Å². The van der Waals surface area contributed by atoms with Gasteiger partial charge in [-0.05, 0) is 116 Å². The summed E-state index contributed by atoms with van der Waals surface area (Å²) in [5.74, 6) is -1.56. The van der Waals surface area contributed by atoms with E-state index in [1.165, 1.54) is 167 Å². The van der Waals surface area contributed by atoms with Crippen LogP contribution in [0, 0.1) is 0 Å². The van der Waals surface area contributed by atoms with E-state index in [2.05, 4.69) is 142 Å². The monoisotopic (exact) mass is 1540 g/mol. The summed E-state index contributed by atoms with van der Waals surface area (Å²) in [6.07, 6.45) is 98.2. The second kappa shape index (κ2) is 81.4. The van der Waals surface area contributed by atoms with Crippen LogP contribution < -0.4 is 0 Å². The number of esters is 3. The Balaban J connectivity index is 4.47. The van der Waals surface area contributed by atoms with Crippen molar-refractivity contribution < 1.29 is 75.8 Å². The molecule has 0 aromatic heterocycles. The summed E-state index contributed by atoms with van der Waals surface area (Å²) in [5.41, 5.74) is 0. The minimum absolute atomic E-state index is 0.108. The Bertz CT molecular complexity index is 2430. The third-order valence-electron chi connectivity index (χ3n) is 18.2. The summed E-state index contributed by atoms with van der Waals surface area (Å²) >= 11 is 0. The third kappa shape index (κ3) is 82.7. The van der Waals surface area contributed by atoms with Crippen LogP contribution >= 0.6 is 15.6 Å². The fraction of sp³-hybridized carbons (Fsp3) is 0.742. The number of allylic oxidation sites excluding steroid dienone is 20. The van der Waals surface area contributed by atoms with Crippen molar-refractivity contribution in [1.82, 2.24) is 0 Å². The number of hydrogen-bond acceptors (Lipinski definition) is 14. The van der Waals surface area contributed by atoms with Crippen molar-refractivity contribution >= 4 is 33.6 Å². The highest BCUT2D eigenvalue weighted by atomic mass is 31.2. The van der Waals surface area contributed by atoms with Gasteiger partial charge < -0.3 is 34.2 Å². The number of rotatable bonds is 81. The van der Waals surface area contributed by atoms with Gasteiger partial charge in [0, 0.05) is 19.3 Å². The summed E-state index contributed by atoms with van der Waals surface area (Å²) in [6, 6.07) is 0. The number of aliphatic hydroxyl groups is 2. The highest BCUT2D eigenvalue weighted by Gasteiger charge is 2.29. The fourth-order valence-corrected chi connectivity index (χ4v) is 13.3. The first kappa shape index (κ1) is 103. The minimum Gasteiger partial charge on any atom is -0.463 e. The van der Waals surface area contributed by atoms with Crippen LogP contribution in [0.25, 0.3) is 0 Å². The molecule has 0 aliphatic heterocycles. The summed E-state index contributed by atoms with van der Waals surface area (Å²) in [6.45, 7) is 2.58. The van der Waals surface area contributed by atoms with Crippen LogP contribution in [0.2, 0.25) is 0 Å². The molecule has 0 aromatic carbocycles. The molecule has 0 saturated carbocycles. The largest absolute Gasteiger partial charge is 0.472 e. The van der Waals surface area contributed by atoms with Gasteiger partial charge in [-0.15, -0.1) is 0 Å². The van der Waals surface area contributed by atoms with E-state index in [-0.39, 0.29) is 19.3 Å². The fourth-order valence-electron chi connectivity index (χ4n) is 11.7. The minimum atomic E-state index is -4.93. The Kier molecular flexibility index (Phi) is 78.4. The number of carbonyl (C=O) groups is 3. The molecule has 0 bridgehead atoms. The van der Waals surface area contributed by atoms with Gasteiger partial charge in [0.1, 0.15) is 25.4 Å². The van der Waals surface area contributed by atoms with Crippen LogP contribution in [0.3, 0.4) is 0 Å². The molecule has 0 aliphatic rings. The van der Waals surface area contributed by atoms with Crippen LogP contribution in [0.1, 0.15) is 367 Å². The quantitative estimate of drug-likeness (QED) is 0.0146. The van der Waals surface area contributed by atoms with Crippen LogP contribution in [-0.2, 0) is 55.8 Å². The maximum atomic E-state index is 13.0. The number of hydrogen-bond donors (Lipinski definition) is 4. The van der Waals surface area contributed by atoms with E-state index < -0.39 is 91.5 Å². The second-order valence-corrected chi connectivity index (χ2v) is 31.5. The van der Waals surface area contributed by atoms with Gasteiger partial charge in [-0.3, -0.25) is 32.5 Å². The maximum absolute atomic E-state index is 13.0. The van der Waals surface area contributed by atoms with E-state index in [1.54, 1.807) is 0 Å². The van der Waals surface area contributed by atoms with E-state index in [1.807, 2.05) is 0 Å². The van der Waals surface area contributed by atoms with Crippen LogP contribution in [0.4, 0.5) is 0 Å². The Morgan fingerprint density at radius 1 is 0.271 bits per heavy atom. The van der Waals surface area contributed by atoms with Crippen LogP contribution in [0.5, 0.6) is 0 Å². The molecule has 0 spiro atoms. The molecule has 0 saturated heterocycles. The summed E-state index contributed by atoms with van der Waals surface area (Å²) in [7, 11) is -9.79. The zero-order valence-electron chi connectivity index (χ0n) is 67.8. The summed E-state index contributed by atoms with van der Waals surface area (Å²) < 4.78 is 61.3. The molecule has 107 heavy (non-hydrogen) atoms. The molecular formula is C89H156O16P2. The number of phosphoric acid groups is 2. The smallest absolute Gasteiger partial charge is 0.463 e. The van der Waals surface area contributed by atoms with E-state index in [0.717, 1.165) is 141 Å². The zero-order valence-corrected chi connectivity index (χ0v) is 69.6. The van der Waals surface area contributed by atoms with E-state index in [4.69, 9.17) is 32.3 Å². The van der Waals surface area contributed by atoms with E-state index in [0.29, 0.717) is 19.3 Å². The summed E-state index contributed by atoms with van der Waals surface area (Å²) in [5, 5.41) is 20.7. The van der Waals surface area contributed by atoms with Crippen LogP contribution in [0.15, 0.2) is 122 Å². The molecule has 618 valence electrons. The molecule has 0 aliphatic carbocycles. The maximum Gasteiger partial charge on any atom is 0.472 e. The molecule has 0 fully saturated rings. The molecule has 0 aromatic rings. The molecule has 0 radical (unpaired) electrons. The molecule has 0 heterocycles. The Labute approximate surface area is 653 Å². The average Bonchev–Trinajstić information content (AvgIpc) is 0.909. The van der Waals surface area contributed by atoms with E-state index in [9.17, 15) is 43.5 Å². The van der Waals surface area contributed by atoms with Gasteiger partial charge in [0.05, 0.1) is 26.4 Å². The molecular weight excluding hydrogens is 1390 g/mol. The van der Waals surface area contributed by atoms with Gasteiger partial charge in [-0.1, -0.05) is 354 Å². The van der Waals surface area contributed by atoms with Crippen LogP contribution in [-0.4, -0.2) is 95.9 Å². The highest BCUT2D eigenvalue weighted by molar-refractivity contribution is 7.47. The lowest BCUT2D eigenvalue weighted by Crippen LogP contribution is -2.30. The average molecular weight is 1540 g/mol. The van der Waals surface area contributed by atoms with Gasteiger partial charge in [0.15, 0.2) is 6.10 Å². The van der Waals surface area contributed by atoms with Gasteiger partial charge in [0.2, 0.25) is 0 Å². The topological polar surface area (TPSA) is 231 Å². The molecule has 0 amide bonds. The first-order valence-corrected chi connectivity index (χ1v) is 45.8. The summed E-state index contributed by atoms with van der Waals surface area (Å²) in [4.78, 5) is 58.8. The lowest BCUT2D eigenvalue weighted by atomic mass is 10.0. The first-order valence-electron chi connectivity index (χ1n) is 42.8. The lowest BCUT2D eigenvalue weighted by molar-refractivity contribution is -0.161. The number of ether oxygens (including phenoxy) is 3. The molecule has 18 heteroatoms. The van der Waals surface area contributed by atoms with Gasteiger partial charge in [-0.25, -0.2) is 9.13 Å². The molecule has 4 N–H and O–H groups in total. The number of carbonyl (C=O) groups excluding carboxylic acids is 3. The van der Waals surface area contributed by atoms with Gasteiger partial charge in [-0.2, -0.15) is 0 Å². The molecule has 16 nitrogen and oxygen atoms in total. The SMILES string of the molecule is CC/C=C\C/C=C\C/C=C\C/C=C\C/C=C\C/C=C\CCCCCCCCCCCCC(=O)OCC(O)COP(=O)(O)OCC(O)COP(=O)(O)OCC(COC(=O)CCCCCCCCCCCCCCC/C=C\C/C=C\C/C=C\C/C=C\CCCCC)OC(=O)CCCCCCCCCCCCCCC. The first-order chi connectivity index (χ1) is 52.2. The van der Waals surface area contributed by atoms with Crippen molar-refractivity contribution in [3.8, 4) is 0 Å². The van der Waals surface area contributed by atoms with Gasteiger partial charge >= 0.3 is 33.6 Å². The van der Waals surface area contributed by atoms with Gasteiger partial charge in [0.25, 0.3) is 0 Å². The van der Waals surface area contributed by atoms with Crippen molar-refractivity contribution in [3.63, 3.8) is 0 Å². The van der Waals surface area contributed by atoms with E-state index >= 15 is 0 Å². The van der Waals surface area contributed by atoms with Crippen molar-refractivity contribution in [1.29, 1.82) is 0 Å². The standard InChI is InChI=1S/C89H156O16P2/c1-4-7-10-13-16-19-22-25-27-29-31-33-35-37-39-41-43-45-47-49-51-53-55-58-60-63-66-69-72-75-87(92)99-78-84(90)79-101-106(95,96)102-80-85(91)81-103-107(97,98)104-83-86(105-89(94)77-74-71-68-65-62-57-24-21-18-15-12-9-6-3)82-100-88(93)76-73-70-67-64-61-59-56-54-52-50-48-46-44-42-40-38-36-34-32-30-28-26-23-20-17-14-11-8-5-2/h7,10,16-17,19-20,25-28,31-34,37-40,43,45,84-86,90-91H,4-6,8-9,11-15,18,21-24,29-30,35-36,41-42,44,46-83H2,1-3H3,(H,95,96)(H,97,98)/b10-7-,19-16-,20-17-,27-25-,28-26-,33-31-,34-32-,39-37-,40-38-,45-43-. The third-order valence-corrected chi connectivity index (χ3v) is 20.1. The predicted molar refractivity (Wildman–Crippen MR) is 445 cm³/mol. The molecule has 5 atom stereocenters. The van der Waals surface area contributed by atoms with Crippen molar-refractivity contribution in [3.05, 3.63) is 122 Å². The normalized spacial score (nSPS) is 14.5. The Hall–Kier alpha value is -4.05. The van der Waals surface area contributed by atoms with Crippen molar-refractivity contribution in [2.45, 2.75) is 386 Å². The number of aliphatic hydroxyl groups excluding tert-OH is 2. The number of phosphoric ester groups is 2. The lowest BCUT2D eigenvalue weighted by Gasteiger charge is -2.21. The molecule has 0 rings (SSSR count). The second-order valence-electron chi connectivity index (χ2n) is 28.6. The predicted octanol–water partition coefficient (Wildman–Crippen LogP) is 25.7. The zero-order chi connectivity index (χ0) is 78.0. The Morgan fingerprint density at radius 3 is 0.804 bits per heavy atom. The van der Waals surface area contributed by atoms with Crippen molar-refractivity contribution in [2.75, 3.05) is 39.6 Å². The number of unbranched alkanes of at least 4 members (excludes halogenated alkanes) is 38.